The topological polar surface area (TPSA) is 29.9 Å². The molecule has 1 aromatic heterocycles. The lowest BCUT2D eigenvalue weighted by Crippen LogP contribution is -2.23. The van der Waals surface area contributed by atoms with Crippen LogP contribution in [0.2, 0.25) is 0 Å². The number of rotatable bonds is 5. The van der Waals surface area contributed by atoms with Crippen LogP contribution in [-0.2, 0) is 6.54 Å². The van der Waals surface area contributed by atoms with Gasteiger partial charge in [0.2, 0.25) is 0 Å². The van der Waals surface area contributed by atoms with Gasteiger partial charge in [0.05, 0.1) is 12.7 Å². The molecule has 3 rings (SSSR count). The molecule has 3 aromatic rings. The van der Waals surface area contributed by atoms with Crippen LogP contribution in [-0.4, -0.2) is 16.3 Å². The number of nitrogens with zero attached hydrogens (tertiary/aromatic N) is 2. The summed E-state index contributed by atoms with van der Waals surface area (Å²) in [6.45, 7) is 6.08. The summed E-state index contributed by atoms with van der Waals surface area (Å²) in [6.07, 6.45) is 3.97. The zero-order valence-corrected chi connectivity index (χ0v) is 12.6. The van der Waals surface area contributed by atoms with Crippen molar-refractivity contribution >= 4 is 10.8 Å². The molecule has 0 amide bonds. The highest BCUT2D eigenvalue weighted by Gasteiger charge is 2.08. The standard InChI is InChI=1S/C18H21N3/c1-14-12-20-21(13-14)11-10-19-15(2)17-9-5-7-16-6-3-4-8-18(16)17/h3-9,12-13,15,19H,10-11H2,1-2H3. The average molecular weight is 279 g/mol. The lowest BCUT2D eigenvalue weighted by molar-refractivity contribution is 0.509. The Morgan fingerprint density at radius 3 is 2.76 bits per heavy atom. The van der Waals surface area contributed by atoms with E-state index in [0.29, 0.717) is 6.04 Å². The Kier molecular flexibility index (Phi) is 4.02. The third-order valence-electron chi connectivity index (χ3n) is 3.84. The van der Waals surface area contributed by atoms with Gasteiger partial charge in [-0.3, -0.25) is 4.68 Å². The molecule has 0 radical (unpaired) electrons. The van der Waals surface area contributed by atoms with Crippen LogP contribution in [0.4, 0.5) is 0 Å². The summed E-state index contributed by atoms with van der Waals surface area (Å²) in [7, 11) is 0. The van der Waals surface area contributed by atoms with Crippen LogP contribution < -0.4 is 5.32 Å². The van der Waals surface area contributed by atoms with Gasteiger partial charge >= 0.3 is 0 Å². The Morgan fingerprint density at radius 1 is 1.14 bits per heavy atom. The van der Waals surface area contributed by atoms with Gasteiger partial charge in [-0.15, -0.1) is 0 Å². The van der Waals surface area contributed by atoms with E-state index in [1.165, 1.54) is 21.9 Å². The zero-order valence-electron chi connectivity index (χ0n) is 12.6. The quantitative estimate of drug-likeness (QED) is 0.772. The number of hydrogen-bond donors (Lipinski definition) is 1. The highest BCUT2D eigenvalue weighted by Crippen LogP contribution is 2.23. The van der Waals surface area contributed by atoms with Crippen LogP contribution in [0.3, 0.4) is 0 Å². The Labute approximate surface area is 125 Å². The fraction of sp³-hybridized carbons (Fsp3) is 0.278. The highest BCUT2D eigenvalue weighted by molar-refractivity contribution is 5.86. The summed E-state index contributed by atoms with van der Waals surface area (Å²) in [6, 6.07) is 15.4. The number of fused-ring (bicyclic) bond motifs is 1. The van der Waals surface area contributed by atoms with Crippen LogP contribution >= 0.6 is 0 Å². The summed E-state index contributed by atoms with van der Waals surface area (Å²) in [5.41, 5.74) is 2.56. The van der Waals surface area contributed by atoms with E-state index in [2.05, 4.69) is 72.9 Å². The largest absolute Gasteiger partial charge is 0.308 e. The molecule has 3 heteroatoms. The summed E-state index contributed by atoms with van der Waals surface area (Å²) in [5, 5.41) is 10.5. The molecule has 21 heavy (non-hydrogen) atoms. The molecular weight excluding hydrogens is 258 g/mol. The lowest BCUT2D eigenvalue weighted by Gasteiger charge is -2.16. The fourth-order valence-electron chi connectivity index (χ4n) is 2.72. The van der Waals surface area contributed by atoms with E-state index in [9.17, 15) is 0 Å². The van der Waals surface area contributed by atoms with Crippen molar-refractivity contribution in [2.75, 3.05) is 6.54 Å². The minimum Gasteiger partial charge on any atom is -0.308 e. The minimum atomic E-state index is 0.327. The first-order valence-corrected chi connectivity index (χ1v) is 7.44. The van der Waals surface area contributed by atoms with Gasteiger partial charge in [0.25, 0.3) is 0 Å². The van der Waals surface area contributed by atoms with Crippen molar-refractivity contribution in [3.8, 4) is 0 Å². The van der Waals surface area contributed by atoms with E-state index in [1.54, 1.807) is 0 Å². The summed E-state index contributed by atoms with van der Waals surface area (Å²) in [5.74, 6) is 0. The van der Waals surface area contributed by atoms with Gasteiger partial charge in [-0.05, 0) is 35.7 Å². The van der Waals surface area contributed by atoms with Crippen LogP contribution in [0.15, 0.2) is 54.9 Å². The van der Waals surface area contributed by atoms with E-state index in [0.717, 1.165) is 13.1 Å². The number of aromatic nitrogens is 2. The molecule has 0 spiro atoms. The van der Waals surface area contributed by atoms with Gasteiger partial charge in [0, 0.05) is 18.8 Å². The maximum Gasteiger partial charge on any atom is 0.0534 e. The molecule has 0 bridgehead atoms. The van der Waals surface area contributed by atoms with E-state index in [1.807, 2.05) is 10.9 Å². The predicted octanol–water partition coefficient (Wildman–Crippen LogP) is 3.70. The second kappa shape index (κ2) is 6.10. The van der Waals surface area contributed by atoms with Gasteiger partial charge in [-0.1, -0.05) is 42.5 Å². The van der Waals surface area contributed by atoms with Crippen LogP contribution in [0, 0.1) is 6.92 Å². The van der Waals surface area contributed by atoms with Gasteiger partial charge < -0.3 is 5.32 Å². The zero-order chi connectivity index (χ0) is 14.7. The molecule has 1 atom stereocenters. The SMILES string of the molecule is Cc1cnn(CCNC(C)c2cccc3ccccc23)c1. The predicted molar refractivity (Wildman–Crippen MR) is 87.3 cm³/mol. The maximum atomic E-state index is 4.31. The molecule has 0 saturated carbocycles. The Morgan fingerprint density at radius 2 is 1.95 bits per heavy atom. The molecule has 2 aromatic carbocycles. The van der Waals surface area contributed by atoms with Crippen molar-refractivity contribution in [3.05, 3.63) is 66.0 Å². The molecule has 1 N–H and O–H groups in total. The molecule has 0 aliphatic heterocycles. The molecule has 1 unspecified atom stereocenters. The Hall–Kier alpha value is -2.13. The number of benzene rings is 2. The normalized spacial score (nSPS) is 12.7. The smallest absolute Gasteiger partial charge is 0.0534 e. The lowest BCUT2D eigenvalue weighted by atomic mass is 10.00. The molecule has 0 saturated heterocycles. The minimum absolute atomic E-state index is 0.327. The Bertz CT molecular complexity index is 725. The van der Waals surface area contributed by atoms with Gasteiger partial charge in [-0.25, -0.2) is 0 Å². The van der Waals surface area contributed by atoms with Gasteiger partial charge in [-0.2, -0.15) is 5.10 Å². The molecule has 1 heterocycles. The van der Waals surface area contributed by atoms with Crippen molar-refractivity contribution in [3.63, 3.8) is 0 Å². The third-order valence-corrected chi connectivity index (χ3v) is 3.84. The first-order valence-electron chi connectivity index (χ1n) is 7.44. The second-order valence-electron chi connectivity index (χ2n) is 5.52. The number of nitrogens with one attached hydrogen (secondary N) is 1. The van der Waals surface area contributed by atoms with Crippen molar-refractivity contribution in [2.45, 2.75) is 26.4 Å². The number of hydrogen-bond acceptors (Lipinski definition) is 2. The van der Waals surface area contributed by atoms with Crippen LogP contribution in [0.5, 0.6) is 0 Å². The highest BCUT2D eigenvalue weighted by atomic mass is 15.3. The fourth-order valence-corrected chi connectivity index (χ4v) is 2.72. The molecule has 3 nitrogen and oxygen atoms in total. The van der Waals surface area contributed by atoms with Gasteiger partial charge in [0.1, 0.15) is 0 Å². The van der Waals surface area contributed by atoms with Crippen LogP contribution in [0.1, 0.15) is 24.1 Å². The molecule has 0 aliphatic carbocycles. The molecular formula is C18H21N3. The summed E-state index contributed by atoms with van der Waals surface area (Å²) in [4.78, 5) is 0. The molecule has 0 fully saturated rings. The average Bonchev–Trinajstić information content (AvgIpc) is 2.92. The van der Waals surface area contributed by atoms with Crippen LogP contribution in [0.25, 0.3) is 10.8 Å². The van der Waals surface area contributed by atoms with E-state index < -0.39 is 0 Å². The van der Waals surface area contributed by atoms with E-state index in [4.69, 9.17) is 0 Å². The summed E-state index contributed by atoms with van der Waals surface area (Å²) >= 11 is 0. The van der Waals surface area contributed by atoms with Crippen molar-refractivity contribution < 1.29 is 0 Å². The first kappa shape index (κ1) is 13.8. The monoisotopic (exact) mass is 279 g/mol. The number of aryl methyl sites for hydroxylation is 1. The second-order valence-corrected chi connectivity index (χ2v) is 5.52. The van der Waals surface area contributed by atoms with Crippen molar-refractivity contribution in [1.29, 1.82) is 0 Å². The molecule has 0 aliphatic rings. The first-order chi connectivity index (χ1) is 10.2. The van der Waals surface area contributed by atoms with E-state index >= 15 is 0 Å². The van der Waals surface area contributed by atoms with Gasteiger partial charge in [0.15, 0.2) is 0 Å². The molecule has 108 valence electrons. The van der Waals surface area contributed by atoms with Crippen molar-refractivity contribution in [1.82, 2.24) is 15.1 Å². The van der Waals surface area contributed by atoms with Crippen molar-refractivity contribution in [2.24, 2.45) is 0 Å². The van der Waals surface area contributed by atoms with E-state index in [-0.39, 0.29) is 0 Å². The third kappa shape index (κ3) is 3.14. The maximum absolute atomic E-state index is 4.31. The summed E-state index contributed by atoms with van der Waals surface area (Å²) < 4.78 is 1.98. The Balaban J connectivity index is 1.68.